The van der Waals surface area contributed by atoms with Crippen LogP contribution in [-0.2, 0) is 63.8 Å². The standard InChI is InChI=1S/C72H97N9O16/c1-44(2)65(79-62(83)21-9-8-14-32-75-70(90)92-42-57-55-18-12-10-16-53(55)54-17-11-13-19-56(54)57)68(88)78-58(20-15-33-74-69(73)89)67(87)76-51-27-25-50(26-28-51)41-93-71(91)81-36-34-80(35-37-81)64(85)39-52-40-72(43-94-72)66(86)61(97-52)30-23-45(3)22-29-60-46(4)38-59(48(6)96-60)77-63(84)31-24-47(5)95-49(7)82/h10-13,16-19,22-28,30-31,44,46-48,52,57-61,65-66,86H,8-9,14-15,20-21,29,32-43H2,1-7H3,(H,75,90)(H,76,87)(H,77,84)(H,78,88)(H,79,83)(H3,73,74,89)/b30-23+,31-24-,45-22+/t46-,47-,48+,52+,58-,59+,60-,61+,65-,66+,72+/m0/s1. The van der Waals surface area contributed by atoms with Crippen molar-refractivity contribution in [3.05, 3.63) is 125 Å². The lowest BCUT2D eigenvalue weighted by atomic mass is 9.87. The number of nitrogens with one attached hydrogen (secondary N) is 6. The number of nitrogens with two attached hydrogens (primary N) is 1. The second kappa shape index (κ2) is 35.6. The minimum atomic E-state index is -1.07. The van der Waals surface area contributed by atoms with Crippen LogP contribution in [0.4, 0.5) is 20.1 Å². The van der Waals surface area contributed by atoms with Gasteiger partial charge in [0, 0.05) is 76.7 Å². The molecule has 0 saturated carbocycles. The van der Waals surface area contributed by atoms with E-state index < -0.39 is 78.1 Å². The van der Waals surface area contributed by atoms with Crippen molar-refractivity contribution in [2.75, 3.05) is 57.8 Å². The monoisotopic (exact) mass is 1340 g/mol. The highest BCUT2D eigenvalue weighted by molar-refractivity contribution is 5.98. The van der Waals surface area contributed by atoms with Gasteiger partial charge in [-0.3, -0.25) is 28.8 Å². The Balaban J connectivity index is 0.720. The molecule has 11 atom stereocenters. The number of aliphatic hydroxyl groups excluding tert-OH is 1. The van der Waals surface area contributed by atoms with Crippen LogP contribution in [0.3, 0.4) is 0 Å². The summed E-state index contributed by atoms with van der Waals surface area (Å²) in [6.45, 7) is 14.6. The highest BCUT2D eigenvalue weighted by Crippen LogP contribution is 2.45. The zero-order chi connectivity index (χ0) is 69.8. The van der Waals surface area contributed by atoms with Crippen molar-refractivity contribution in [2.24, 2.45) is 17.6 Å². The van der Waals surface area contributed by atoms with Gasteiger partial charge in [-0.05, 0) is 117 Å². The minimum Gasteiger partial charge on any atom is -0.459 e. The van der Waals surface area contributed by atoms with Crippen LogP contribution in [0.5, 0.6) is 0 Å². The zero-order valence-electron chi connectivity index (χ0n) is 56.7. The van der Waals surface area contributed by atoms with E-state index in [1.807, 2.05) is 44.2 Å². The average Bonchev–Trinajstić information content (AvgIpc) is 1.62. The van der Waals surface area contributed by atoms with Gasteiger partial charge < -0.3 is 81.0 Å². The van der Waals surface area contributed by atoms with Crippen molar-refractivity contribution in [3.63, 3.8) is 0 Å². The second-order valence-corrected chi connectivity index (χ2v) is 26.3. The van der Waals surface area contributed by atoms with Gasteiger partial charge in [-0.1, -0.05) is 112 Å². The van der Waals surface area contributed by atoms with Crippen LogP contribution < -0.4 is 37.6 Å². The number of fused-ring (bicyclic) bond motifs is 3. The third kappa shape index (κ3) is 21.9. The van der Waals surface area contributed by atoms with E-state index in [1.165, 1.54) is 24.0 Å². The number of alkyl carbamates (subject to hydrolysis) is 1. The summed E-state index contributed by atoms with van der Waals surface area (Å²) in [5.41, 5.74) is 11.0. The SMILES string of the molecule is CC(=O)O[C@@H](C)/C=C\C(=O)N[C@@H]1C[C@H](C)[C@H](C/C=C(C)/C=C/[C@H]2O[C@H](CC(=O)N3CCN(C(=O)OCc4ccc(NC(=O)[C@H](CCCNC(N)=O)NC(=O)[C@@H](NC(=O)CCCCCNC(=O)OCC5c6ccccc6-c6ccccc65)C(C)C)cc4)CC3)C[C@@]3(CO3)[C@@H]2O)O[C@@H]1C. The number of carbonyl (C=O) groups excluding carboxylic acids is 9. The molecule has 5 aliphatic rings. The number of hydrogen-bond donors (Lipinski definition) is 8. The molecule has 4 aliphatic heterocycles. The van der Waals surface area contributed by atoms with Gasteiger partial charge in [0.2, 0.25) is 29.5 Å². The molecule has 0 radical (unpaired) electrons. The number of carbonyl (C=O) groups is 9. The number of amides is 9. The van der Waals surface area contributed by atoms with Crippen molar-refractivity contribution >= 4 is 59.4 Å². The molecule has 3 aromatic rings. The summed E-state index contributed by atoms with van der Waals surface area (Å²) < 4.78 is 34.8. The molecule has 0 unspecified atom stereocenters. The number of epoxide rings is 1. The van der Waals surface area contributed by atoms with Crippen LogP contribution in [-0.4, -0.2) is 181 Å². The van der Waals surface area contributed by atoms with E-state index in [9.17, 15) is 48.3 Å². The normalized spacial score (nSPS) is 23.1. The molecule has 9 amide bonds. The Bertz CT molecular complexity index is 3280. The number of anilines is 1. The Kier molecular flexibility index (Phi) is 27.2. The molecule has 1 spiro atoms. The Hall–Kier alpha value is -8.65. The minimum absolute atomic E-state index is 0.0493. The van der Waals surface area contributed by atoms with Crippen LogP contribution in [0.25, 0.3) is 11.1 Å². The molecule has 3 aromatic carbocycles. The summed E-state index contributed by atoms with van der Waals surface area (Å²) in [6, 6.07) is 19.9. The van der Waals surface area contributed by atoms with E-state index in [-0.39, 0.29) is 125 Å². The number of rotatable bonds is 30. The van der Waals surface area contributed by atoms with Gasteiger partial charge >= 0.3 is 24.2 Å². The first-order valence-corrected chi connectivity index (χ1v) is 33.9. The molecule has 9 N–H and O–H groups in total. The Morgan fingerprint density at radius 3 is 2.11 bits per heavy atom. The molecule has 1 aliphatic carbocycles. The number of urea groups is 1. The molecule has 4 saturated heterocycles. The Labute approximate surface area is 567 Å². The van der Waals surface area contributed by atoms with Crippen LogP contribution in [0.15, 0.2) is 109 Å². The summed E-state index contributed by atoms with van der Waals surface area (Å²) >= 11 is 0. The fourth-order valence-electron chi connectivity index (χ4n) is 12.8. The van der Waals surface area contributed by atoms with Crippen LogP contribution in [0.1, 0.15) is 135 Å². The van der Waals surface area contributed by atoms with E-state index in [0.717, 1.165) is 34.2 Å². The Morgan fingerprint density at radius 2 is 1.45 bits per heavy atom. The second-order valence-electron chi connectivity index (χ2n) is 26.3. The molecular formula is C72H97N9O16. The number of nitrogens with zero attached hydrogens (tertiary/aromatic N) is 2. The maximum absolute atomic E-state index is 13.8. The smallest absolute Gasteiger partial charge is 0.410 e. The van der Waals surface area contributed by atoms with Gasteiger partial charge in [0.25, 0.3) is 0 Å². The number of esters is 1. The molecule has 25 nitrogen and oxygen atoms in total. The average molecular weight is 1340 g/mol. The predicted octanol–water partition coefficient (Wildman–Crippen LogP) is 6.96. The van der Waals surface area contributed by atoms with Crippen molar-refractivity contribution < 1.29 is 76.7 Å². The van der Waals surface area contributed by atoms with Crippen molar-refractivity contribution in [3.8, 4) is 11.1 Å². The molecule has 4 fully saturated rings. The molecule has 97 heavy (non-hydrogen) atoms. The molecular weight excluding hydrogens is 1250 g/mol. The number of ether oxygens (including phenoxy) is 6. The van der Waals surface area contributed by atoms with E-state index in [4.69, 9.17) is 34.2 Å². The van der Waals surface area contributed by atoms with E-state index in [0.29, 0.717) is 56.5 Å². The summed E-state index contributed by atoms with van der Waals surface area (Å²) in [6.07, 6.45) is 8.69. The van der Waals surface area contributed by atoms with E-state index in [1.54, 1.807) is 56.0 Å². The van der Waals surface area contributed by atoms with Crippen LogP contribution in [0.2, 0.25) is 0 Å². The summed E-state index contributed by atoms with van der Waals surface area (Å²) in [5, 5.41) is 28.1. The molecule has 8 rings (SSSR count). The lowest BCUT2D eigenvalue weighted by Gasteiger charge is -2.39. The van der Waals surface area contributed by atoms with Gasteiger partial charge in [-0.25, -0.2) is 14.4 Å². The molecule has 0 bridgehead atoms. The molecule has 526 valence electrons. The van der Waals surface area contributed by atoms with Crippen LogP contribution in [0, 0.1) is 11.8 Å². The number of benzene rings is 3. The van der Waals surface area contributed by atoms with Gasteiger partial charge in [0.05, 0.1) is 37.4 Å². The van der Waals surface area contributed by atoms with E-state index in [2.05, 4.69) is 69.2 Å². The van der Waals surface area contributed by atoms with Gasteiger partial charge in [0.1, 0.15) is 49.2 Å². The number of primary amides is 1. The molecule has 0 aromatic heterocycles. The Morgan fingerprint density at radius 1 is 0.784 bits per heavy atom. The highest BCUT2D eigenvalue weighted by atomic mass is 16.6. The quantitative estimate of drug-likeness (QED) is 0.00835. The summed E-state index contributed by atoms with van der Waals surface area (Å²) in [5.74, 6) is -2.54. The summed E-state index contributed by atoms with van der Waals surface area (Å²) in [7, 11) is 0. The lowest BCUT2D eigenvalue weighted by molar-refractivity contribution is -0.152. The first kappa shape index (κ1) is 74.1. The third-order valence-corrected chi connectivity index (χ3v) is 18.4. The topological polar surface area (TPSA) is 337 Å². The van der Waals surface area contributed by atoms with Crippen molar-refractivity contribution in [1.29, 1.82) is 0 Å². The third-order valence-electron chi connectivity index (χ3n) is 18.4. The van der Waals surface area contributed by atoms with Crippen molar-refractivity contribution in [1.82, 2.24) is 36.4 Å². The van der Waals surface area contributed by atoms with Crippen LogP contribution >= 0.6 is 0 Å². The number of unbranched alkanes of at least 4 members (excludes halogenated alkanes) is 2. The molecule has 4 heterocycles. The van der Waals surface area contributed by atoms with Gasteiger partial charge in [-0.2, -0.15) is 0 Å². The molecule has 25 heteroatoms. The predicted molar refractivity (Wildman–Crippen MR) is 361 cm³/mol. The lowest BCUT2D eigenvalue weighted by Crippen LogP contribution is -2.54. The fourth-order valence-corrected chi connectivity index (χ4v) is 12.8. The fraction of sp³-hybridized carbons (Fsp3) is 0.542. The van der Waals surface area contributed by atoms with E-state index >= 15 is 0 Å². The number of piperazine rings is 1. The van der Waals surface area contributed by atoms with Crippen molar-refractivity contribution in [2.45, 2.75) is 186 Å². The number of aliphatic hydroxyl groups is 1. The first-order chi connectivity index (χ1) is 46.4. The maximum atomic E-state index is 13.8. The zero-order valence-corrected chi connectivity index (χ0v) is 56.7. The first-order valence-electron chi connectivity index (χ1n) is 33.9. The highest BCUT2D eigenvalue weighted by Gasteiger charge is 2.58. The largest absolute Gasteiger partial charge is 0.459 e. The van der Waals surface area contributed by atoms with Gasteiger partial charge in [-0.15, -0.1) is 0 Å². The number of allylic oxidation sites excluding steroid dienone is 2. The number of hydrogen-bond acceptors (Lipinski definition) is 16. The summed E-state index contributed by atoms with van der Waals surface area (Å²) in [4.78, 5) is 119. The van der Waals surface area contributed by atoms with Gasteiger partial charge in [0.15, 0.2) is 0 Å². The maximum Gasteiger partial charge on any atom is 0.410 e.